The average molecular weight is 383 g/mol. The van der Waals surface area contributed by atoms with Crippen molar-refractivity contribution in [1.82, 2.24) is 0 Å². The van der Waals surface area contributed by atoms with Crippen LogP contribution in [-0.2, 0) is 5.41 Å². The van der Waals surface area contributed by atoms with Crippen molar-refractivity contribution < 1.29 is 10.2 Å². The summed E-state index contributed by atoms with van der Waals surface area (Å²) in [6.45, 7) is 2.24. The molecule has 2 unspecified atom stereocenters. The third kappa shape index (κ3) is 3.47. The van der Waals surface area contributed by atoms with Crippen LogP contribution >= 0.6 is 0 Å². The standard InChI is InChI=1S/C27H26O2/c1-2-25(20-8-4-3-5-9-20)26-10-6-7-19-27(26,21-11-15-23(28)16-12-21)22-13-17-24(29)18-14-22/h3-19,25-26,28-29H,2H2,1H3. The topological polar surface area (TPSA) is 40.5 Å². The highest BCUT2D eigenvalue weighted by molar-refractivity contribution is 5.52. The van der Waals surface area contributed by atoms with E-state index in [0.29, 0.717) is 5.92 Å². The molecule has 146 valence electrons. The lowest BCUT2D eigenvalue weighted by Crippen LogP contribution is -2.38. The van der Waals surface area contributed by atoms with E-state index in [0.717, 1.165) is 17.5 Å². The summed E-state index contributed by atoms with van der Waals surface area (Å²) in [5.41, 5.74) is 3.18. The molecule has 0 aliphatic heterocycles. The van der Waals surface area contributed by atoms with Crippen LogP contribution in [0.15, 0.2) is 103 Å². The number of allylic oxidation sites excluding steroid dienone is 4. The molecule has 29 heavy (non-hydrogen) atoms. The minimum absolute atomic E-state index is 0.189. The summed E-state index contributed by atoms with van der Waals surface area (Å²) < 4.78 is 0. The Hall–Kier alpha value is -3.26. The number of aromatic hydroxyl groups is 2. The van der Waals surface area contributed by atoms with Crippen molar-refractivity contribution in [2.45, 2.75) is 24.7 Å². The number of rotatable bonds is 5. The van der Waals surface area contributed by atoms with Gasteiger partial charge in [-0.25, -0.2) is 0 Å². The first-order chi connectivity index (χ1) is 14.1. The Morgan fingerprint density at radius 2 is 1.31 bits per heavy atom. The molecule has 0 radical (unpaired) electrons. The van der Waals surface area contributed by atoms with Crippen molar-refractivity contribution in [2.75, 3.05) is 0 Å². The molecule has 0 fully saturated rings. The molecular formula is C27H26O2. The maximum Gasteiger partial charge on any atom is 0.115 e. The van der Waals surface area contributed by atoms with E-state index in [9.17, 15) is 10.2 Å². The number of hydrogen-bond acceptors (Lipinski definition) is 2. The quantitative estimate of drug-likeness (QED) is 0.542. The molecule has 2 atom stereocenters. The number of hydrogen-bond donors (Lipinski definition) is 2. The molecule has 0 saturated heterocycles. The molecule has 4 rings (SSSR count). The third-order valence-electron chi connectivity index (χ3n) is 6.11. The van der Waals surface area contributed by atoms with Gasteiger partial charge in [-0.1, -0.05) is 85.8 Å². The first kappa shape index (κ1) is 19.1. The molecule has 0 saturated carbocycles. The Bertz CT molecular complexity index is 953. The Balaban J connectivity index is 1.94. The summed E-state index contributed by atoms with van der Waals surface area (Å²) in [5, 5.41) is 19.8. The predicted molar refractivity (Wildman–Crippen MR) is 118 cm³/mol. The van der Waals surface area contributed by atoms with E-state index in [2.05, 4.69) is 61.6 Å². The highest BCUT2D eigenvalue weighted by atomic mass is 16.3. The van der Waals surface area contributed by atoms with Gasteiger partial charge in [0.05, 0.1) is 0 Å². The second-order valence-corrected chi connectivity index (χ2v) is 7.66. The van der Waals surface area contributed by atoms with Crippen LogP contribution in [0.4, 0.5) is 0 Å². The van der Waals surface area contributed by atoms with Crippen LogP contribution in [0.25, 0.3) is 0 Å². The minimum atomic E-state index is -0.396. The molecule has 3 aromatic carbocycles. The van der Waals surface area contributed by atoms with Gasteiger partial charge in [-0.15, -0.1) is 0 Å². The second kappa shape index (κ2) is 8.00. The van der Waals surface area contributed by atoms with Gasteiger partial charge in [-0.2, -0.15) is 0 Å². The van der Waals surface area contributed by atoms with Crippen LogP contribution in [0.1, 0.15) is 36.0 Å². The Morgan fingerprint density at radius 1 is 0.759 bits per heavy atom. The van der Waals surface area contributed by atoms with E-state index in [1.807, 2.05) is 24.3 Å². The molecule has 0 amide bonds. The fourth-order valence-electron chi connectivity index (χ4n) is 4.72. The van der Waals surface area contributed by atoms with Crippen LogP contribution in [0.3, 0.4) is 0 Å². The summed E-state index contributed by atoms with van der Waals surface area (Å²) in [5.74, 6) is 1.03. The normalized spacial score (nSPS) is 18.4. The molecule has 2 heteroatoms. The molecule has 1 aliphatic carbocycles. The summed E-state index contributed by atoms with van der Waals surface area (Å²) in [6, 6.07) is 25.7. The molecule has 3 aromatic rings. The predicted octanol–water partition coefficient (Wildman–Crippen LogP) is 6.32. The van der Waals surface area contributed by atoms with Crippen LogP contribution in [0, 0.1) is 5.92 Å². The van der Waals surface area contributed by atoms with Crippen molar-refractivity contribution in [3.8, 4) is 11.5 Å². The van der Waals surface area contributed by atoms with Crippen molar-refractivity contribution in [3.05, 3.63) is 120 Å². The fraction of sp³-hybridized carbons (Fsp3) is 0.185. The maximum atomic E-state index is 9.88. The molecular weight excluding hydrogens is 356 g/mol. The van der Waals surface area contributed by atoms with E-state index in [-0.39, 0.29) is 17.4 Å². The van der Waals surface area contributed by atoms with Crippen molar-refractivity contribution in [2.24, 2.45) is 5.92 Å². The third-order valence-corrected chi connectivity index (χ3v) is 6.11. The van der Waals surface area contributed by atoms with E-state index >= 15 is 0 Å². The van der Waals surface area contributed by atoms with Gasteiger partial charge in [0.1, 0.15) is 11.5 Å². The number of phenolic OH excluding ortho intramolecular Hbond substituents is 2. The molecule has 0 aromatic heterocycles. The van der Waals surface area contributed by atoms with Crippen molar-refractivity contribution in [3.63, 3.8) is 0 Å². The van der Waals surface area contributed by atoms with Gasteiger partial charge in [0.2, 0.25) is 0 Å². The van der Waals surface area contributed by atoms with Crippen LogP contribution in [0.2, 0.25) is 0 Å². The summed E-state index contributed by atoms with van der Waals surface area (Å²) in [4.78, 5) is 0. The summed E-state index contributed by atoms with van der Waals surface area (Å²) in [7, 11) is 0. The molecule has 2 N–H and O–H groups in total. The van der Waals surface area contributed by atoms with E-state index in [1.54, 1.807) is 24.3 Å². The van der Waals surface area contributed by atoms with E-state index < -0.39 is 5.41 Å². The molecule has 2 nitrogen and oxygen atoms in total. The highest BCUT2D eigenvalue weighted by Crippen LogP contribution is 2.50. The molecule has 0 bridgehead atoms. The Morgan fingerprint density at radius 3 is 1.83 bits per heavy atom. The van der Waals surface area contributed by atoms with E-state index in [4.69, 9.17) is 0 Å². The van der Waals surface area contributed by atoms with Gasteiger partial charge in [0.25, 0.3) is 0 Å². The second-order valence-electron chi connectivity index (χ2n) is 7.66. The van der Waals surface area contributed by atoms with Crippen LogP contribution < -0.4 is 0 Å². The number of benzene rings is 3. The first-order valence-electron chi connectivity index (χ1n) is 10.1. The number of phenols is 2. The smallest absolute Gasteiger partial charge is 0.115 e. The van der Waals surface area contributed by atoms with Gasteiger partial charge in [0.15, 0.2) is 0 Å². The molecule has 1 aliphatic rings. The van der Waals surface area contributed by atoms with Crippen molar-refractivity contribution in [1.29, 1.82) is 0 Å². The lowest BCUT2D eigenvalue weighted by Gasteiger charge is -2.44. The lowest BCUT2D eigenvalue weighted by molar-refractivity contribution is 0.372. The summed E-state index contributed by atoms with van der Waals surface area (Å²) in [6.07, 6.45) is 9.82. The highest BCUT2D eigenvalue weighted by Gasteiger charge is 2.43. The van der Waals surface area contributed by atoms with Crippen molar-refractivity contribution >= 4 is 0 Å². The van der Waals surface area contributed by atoms with Gasteiger partial charge in [-0.3, -0.25) is 0 Å². The Labute approximate surface area is 172 Å². The van der Waals surface area contributed by atoms with Gasteiger partial charge in [-0.05, 0) is 53.3 Å². The summed E-state index contributed by atoms with van der Waals surface area (Å²) >= 11 is 0. The van der Waals surface area contributed by atoms with Gasteiger partial charge >= 0.3 is 0 Å². The van der Waals surface area contributed by atoms with Crippen LogP contribution in [-0.4, -0.2) is 10.2 Å². The zero-order chi connectivity index (χ0) is 20.3. The zero-order valence-electron chi connectivity index (χ0n) is 16.6. The minimum Gasteiger partial charge on any atom is -0.508 e. The lowest BCUT2D eigenvalue weighted by atomic mass is 9.59. The maximum absolute atomic E-state index is 9.88. The molecule has 0 heterocycles. The SMILES string of the molecule is CCC(c1ccccc1)C1C=CC=CC1(c1ccc(O)cc1)c1ccc(O)cc1. The van der Waals surface area contributed by atoms with E-state index in [1.165, 1.54) is 5.56 Å². The first-order valence-corrected chi connectivity index (χ1v) is 10.1. The Kier molecular flexibility index (Phi) is 5.26. The average Bonchev–Trinajstić information content (AvgIpc) is 2.77. The van der Waals surface area contributed by atoms with Gasteiger partial charge in [0, 0.05) is 11.3 Å². The zero-order valence-corrected chi connectivity index (χ0v) is 16.6. The molecule has 0 spiro atoms. The fourth-order valence-corrected chi connectivity index (χ4v) is 4.72. The largest absolute Gasteiger partial charge is 0.508 e. The van der Waals surface area contributed by atoms with Crippen LogP contribution in [0.5, 0.6) is 11.5 Å². The van der Waals surface area contributed by atoms with Gasteiger partial charge < -0.3 is 10.2 Å². The monoisotopic (exact) mass is 382 g/mol.